The van der Waals surface area contributed by atoms with E-state index in [9.17, 15) is 9.50 Å². The van der Waals surface area contributed by atoms with Gasteiger partial charge in [-0.25, -0.2) is 14.4 Å². The van der Waals surface area contributed by atoms with Crippen molar-refractivity contribution >= 4 is 11.0 Å². The molecule has 0 unspecified atom stereocenters. The molecule has 1 aromatic carbocycles. The highest BCUT2D eigenvalue weighted by Gasteiger charge is 2.14. The van der Waals surface area contributed by atoms with Gasteiger partial charge < -0.3 is 14.9 Å². The van der Waals surface area contributed by atoms with E-state index in [1.165, 1.54) is 25.4 Å². The second kappa shape index (κ2) is 5.24. The SMILES string of the molecule is COc1cnc2ccc(F)c(C[C@@H](O)CO)c2n1. The summed E-state index contributed by atoms with van der Waals surface area (Å²) in [5.41, 5.74) is 1.07. The summed E-state index contributed by atoms with van der Waals surface area (Å²) < 4.78 is 18.7. The standard InChI is InChI=1S/C12H13FN2O3/c1-18-11-5-14-10-3-2-9(13)8(12(10)15-11)4-7(17)6-16/h2-3,5,7,16-17H,4,6H2,1H3/t7-/m1/s1. The van der Waals surface area contributed by atoms with Crippen molar-refractivity contribution in [3.63, 3.8) is 0 Å². The van der Waals surface area contributed by atoms with Crippen LogP contribution in [0.4, 0.5) is 4.39 Å². The van der Waals surface area contributed by atoms with Crippen LogP contribution in [0.25, 0.3) is 11.0 Å². The van der Waals surface area contributed by atoms with Crippen LogP contribution >= 0.6 is 0 Å². The lowest BCUT2D eigenvalue weighted by atomic mass is 10.1. The molecule has 0 fully saturated rings. The fourth-order valence-corrected chi connectivity index (χ4v) is 1.68. The molecule has 1 atom stereocenters. The van der Waals surface area contributed by atoms with Crippen LogP contribution in [0.5, 0.6) is 5.88 Å². The molecule has 0 aliphatic carbocycles. The predicted octanol–water partition coefficient (Wildman–Crippen LogP) is 0.673. The minimum Gasteiger partial charge on any atom is -0.480 e. The van der Waals surface area contributed by atoms with Crippen molar-refractivity contribution in [3.05, 3.63) is 29.7 Å². The quantitative estimate of drug-likeness (QED) is 0.836. The Labute approximate surface area is 103 Å². The van der Waals surface area contributed by atoms with Crippen LogP contribution in [0.2, 0.25) is 0 Å². The van der Waals surface area contributed by atoms with Crippen LogP contribution in [0.15, 0.2) is 18.3 Å². The molecule has 2 N–H and O–H groups in total. The fourth-order valence-electron chi connectivity index (χ4n) is 1.68. The van der Waals surface area contributed by atoms with Crippen LogP contribution in [0.1, 0.15) is 5.56 Å². The zero-order valence-electron chi connectivity index (χ0n) is 9.80. The molecular weight excluding hydrogens is 239 g/mol. The van der Waals surface area contributed by atoms with Crippen molar-refractivity contribution in [1.82, 2.24) is 9.97 Å². The third-order valence-corrected chi connectivity index (χ3v) is 2.60. The summed E-state index contributed by atoms with van der Waals surface area (Å²) in [6.07, 6.45) is 0.381. The van der Waals surface area contributed by atoms with Gasteiger partial charge in [-0.3, -0.25) is 0 Å². The first-order valence-corrected chi connectivity index (χ1v) is 5.42. The summed E-state index contributed by atoms with van der Waals surface area (Å²) in [4.78, 5) is 8.21. The fraction of sp³-hybridized carbons (Fsp3) is 0.333. The molecule has 0 bridgehead atoms. The normalized spacial score (nSPS) is 12.7. The van der Waals surface area contributed by atoms with E-state index in [2.05, 4.69) is 9.97 Å². The minimum atomic E-state index is -1.03. The van der Waals surface area contributed by atoms with Gasteiger partial charge in [-0.15, -0.1) is 0 Å². The van der Waals surface area contributed by atoms with Crippen LogP contribution < -0.4 is 4.74 Å². The number of aliphatic hydroxyl groups is 2. The molecule has 0 aliphatic rings. The number of benzene rings is 1. The third-order valence-electron chi connectivity index (χ3n) is 2.60. The van der Waals surface area contributed by atoms with Gasteiger partial charge in [0.15, 0.2) is 0 Å². The Morgan fingerprint density at radius 3 is 2.89 bits per heavy atom. The first-order valence-electron chi connectivity index (χ1n) is 5.42. The number of hydrogen-bond acceptors (Lipinski definition) is 5. The minimum absolute atomic E-state index is 0.0263. The van der Waals surface area contributed by atoms with Crippen molar-refractivity contribution in [3.8, 4) is 5.88 Å². The summed E-state index contributed by atoms with van der Waals surface area (Å²) in [5, 5.41) is 18.3. The summed E-state index contributed by atoms with van der Waals surface area (Å²) in [5.74, 6) is -0.217. The van der Waals surface area contributed by atoms with E-state index in [4.69, 9.17) is 9.84 Å². The Kier molecular flexibility index (Phi) is 3.69. The number of methoxy groups -OCH3 is 1. The molecule has 2 rings (SSSR count). The molecule has 0 aliphatic heterocycles. The van der Waals surface area contributed by atoms with Gasteiger partial charge in [0, 0.05) is 12.0 Å². The summed E-state index contributed by atoms with van der Waals surface area (Å²) in [6, 6.07) is 2.77. The van der Waals surface area contributed by atoms with Gasteiger partial charge >= 0.3 is 0 Å². The van der Waals surface area contributed by atoms with Crippen molar-refractivity contribution in [2.24, 2.45) is 0 Å². The summed E-state index contributed by atoms with van der Waals surface area (Å²) >= 11 is 0. The molecule has 2 aromatic rings. The number of aromatic nitrogens is 2. The number of hydrogen-bond donors (Lipinski definition) is 2. The molecular formula is C12H13FN2O3. The lowest BCUT2D eigenvalue weighted by Crippen LogP contribution is -2.16. The first-order chi connectivity index (χ1) is 8.65. The average Bonchev–Trinajstić information content (AvgIpc) is 2.41. The maximum atomic E-state index is 13.8. The van der Waals surface area contributed by atoms with Gasteiger partial charge in [-0.2, -0.15) is 0 Å². The molecule has 0 spiro atoms. The molecule has 18 heavy (non-hydrogen) atoms. The third kappa shape index (κ3) is 2.39. The topological polar surface area (TPSA) is 75.5 Å². The Bertz CT molecular complexity index is 562. The highest BCUT2D eigenvalue weighted by atomic mass is 19.1. The van der Waals surface area contributed by atoms with E-state index >= 15 is 0 Å². The second-order valence-corrected chi connectivity index (χ2v) is 3.85. The van der Waals surface area contributed by atoms with E-state index in [0.717, 1.165) is 0 Å². The Balaban J connectivity index is 2.56. The first kappa shape index (κ1) is 12.7. The van der Waals surface area contributed by atoms with Crippen molar-refractivity contribution in [2.75, 3.05) is 13.7 Å². The average molecular weight is 252 g/mol. The Morgan fingerprint density at radius 1 is 1.44 bits per heavy atom. The molecule has 0 saturated heterocycles. The van der Waals surface area contributed by atoms with Crippen LogP contribution in [0.3, 0.4) is 0 Å². The molecule has 96 valence electrons. The summed E-state index contributed by atoms with van der Waals surface area (Å²) in [7, 11) is 1.44. The molecule has 6 heteroatoms. The van der Waals surface area contributed by atoms with Crippen LogP contribution in [0, 0.1) is 5.82 Å². The van der Waals surface area contributed by atoms with Crippen molar-refractivity contribution in [1.29, 1.82) is 0 Å². The maximum Gasteiger partial charge on any atom is 0.232 e. The Morgan fingerprint density at radius 2 is 2.22 bits per heavy atom. The van der Waals surface area contributed by atoms with E-state index in [1.807, 2.05) is 0 Å². The van der Waals surface area contributed by atoms with Gasteiger partial charge in [0.05, 0.1) is 37.1 Å². The highest BCUT2D eigenvalue weighted by Crippen LogP contribution is 2.22. The van der Waals surface area contributed by atoms with E-state index in [-0.39, 0.29) is 17.9 Å². The lowest BCUT2D eigenvalue weighted by molar-refractivity contribution is 0.0950. The van der Waals surface area contributed by atoms with Gasteiger partial charge in [0.1, 0.15) is 5.82 Å². The Hall–Kier alpha value is -1.79. The molecule has 0 saturated carbocycles. The number of fused-ring (bicyclic) bond motifs is 1. The molecule has 0 radical (unpaired) electrons. The number of halogens is 1. The second-order valence-electron chi connectivity index (χ2n) is 3.85. The van der Waals surface area contributed by atoms with E-state index < -0.39 is 18.5 Å². The van der Waals surface area contributed by atoms with E-state index in [0.29, 0.717) is 11.0 Å². The molecule has 1 aromatic heterocycles. The monoisotopic (exact) mass is 252 g/mol. The maximum absolute atomic E-state index is 13.8. The van der Waals surface area contributed by atoms with Crippen LogP contribution in [-0.2, 0) is 6.42 Å². The zero-order chi connectivity index (χ0) is 13.1. The van der Waals surface area contributed by atoms with Crippen molar-refractivity contribution in [2.45, 2.75) is 12.5 Å². The number of nitrogens with zero attached hydrogens (tertiary/aromatic N) is 2. The van der Waals surface area contributed by atoms with Gasteiger partial charge in [0.25, 0.3) is 0 Å². The highest BCUT2D eigenvalue weighted by molar-refractivity contribution is 5.78. The number of ether oxygens (including phenoxy) is 1. The van der Waals surface area contributed by atoms with Gasteiger partial charge in [-0.1, -0.05) is 0 Å². The predicted molar refractivity (Wildman–Crippen MR) is 62.8 cm³/mol. The zero-order valence-corrected chi connectivity index (χ0v) is 9.80. The summed E-state index contributed by atoms with van der Waals surface area (Å²) in [6.45, 7) is -0.437. The number of rotatable bonds is 4. The van der Waals surface area contributed by atoms with Gasteiger partial charge in [0.2, 0.25) is 5.88 Å². The smallest absolute Gasteiger partial charge is 0.232 e. The molecule has 5 nitrogen and oxygen atoms in total. The van der Waals surface area contributed by atoms with E-state index in [1.54, 1.807) is 0 Å². The molecule has 1 heterocycles. The van der Waals surface area contributed by atoms with Crippen LogP contribution in [-0.4, -0.2) is 40.0 Å². The number of aliphatic hydroxyl groups excluding tert-OH is 2. The molecule has 0 amide bonds. The largest absolute Gasteiger partial charge is 0.480 e. The van der Waals surface area contributed by atoms with Crippen molar-refractivity contribution < 1.29 is 19.3 Å². The lowest BCUT2D eigenvalue weighted by Gasteiger charge is -2.11. The van der Waals surface area contributed by atoms with Gasteiger partial charge in [-0.05, 0) is 12.1 Å².